The molecule has 1 heterocycles. The minimum atomic E-state index is -3.00. The maximum atomic E-state index is 12.0. The summed E-state index contributed by atoms with van der Waals surface area (Å²) in [6.45, 7) is 2.67. The molecule has 0 aromatic heterocycles. The quantitative estimate of drug-likeness (QED) is 0.785. The molecule has 1 aromatic rings. The fourth-order valence-corrected chi connectivity index (χ4v) is 3.95. The molecule has 7 heteroatoms. The van der Waals surface area contributed by atoms with Crippen molar-refractivity contribution in [1.29, 1.82) is 0 Å². The van der Waals surface area contributed by atoms with Crippen molar-refractivity contribution < 1.29 is 17.9 Å². The Morgan fingerprint density at radius 1 is 1.36 bits per heavy atom. The van der Waals surface area contributed by atoms with Gasteiger partial charge in [0.05, 0.1) is 23.8 Å². The average Bonchev–Trinajstić information content (AvgIpc) is 2.80. The summed E-state index contributed by atoms with van der Waals surface area (Å²) in [7, 11) is -3.00. The number of ether oxygens (including phenoxy) is 1. The van der Waals surface area contributed by atoms with Crippen LogP contribution in [-0.2, 0) is 9.84 Å². The average molecular weight is 326 g/mol. The highest BCUT2D eigenvalue weighted by Gasteiger charge is 2.28. The van der Waals surface area contributed by atoms with Crippen LogP contribution in [0.3, 0.4) is 0 Å². The fraction of sp³-hybridized carbons (Fsp3) is 0.533. The number of amides is 2. The van der Waals surface area contributed by atoms with Crippen LogP contribution in [0.1, 0.15) is 26.2 Å². The number of urea groups is 1. The summed E-state index contributed by atoms with van der Waals surface area (Å²) in [5.41, 5.74) is 0.581. The van der Waals surface area contributed by atoms with Gasteiger partial charge in [0.2, 0.25) is 0 Å². The number of carbonyl (C=O) groups excluding carboxylic acids is 1. The van der Waals surface area contributed by atoms with Crippen molar-refractivity contribution in [3.8, 4) is 5.75 Å². The van der Waals surface area contributed by atoms with Gasteiger partial charge >= 0.3 is 6.03 Å². The molecule has 2 amide bonds. The zero-order chi connectivity index (χ0) is 16.0. The lowest BCUT2D eigenvalue weighted by Crippen LogP contribution is -2.38. The summed E-state index contributed by atoms with van der Waals surface area (Å²) >= 11 is 0. The third kappa shape index (κ3) is 4.91. The third-order valence-corrected chi connectivity index (χ3v) is 5.23. The summed E-state index contributed by atoms with van der Waals surface area (Å²) in [6, 6.07) is 6.47. The lowest BCUT2D eigenvalue weighted by Gasteiger charge is -2.15. The zero-order valence-electron chi connectivity index (χ0n) is 12.7. The predicted molar refractivity (Wildman–Crippen MR) is 86.1 cm³/mol. The number of para-hydroxylation sites is 2. The van der Waals surface area contributed by atoms with Crippen LogP contribution in [0.15, 0.2) is 24.3 Å². The molecule has 0 bridgehead atoms. The van der Waals surface area contributed by atoms with E-state index >= 15 is 0 Å². The van der Waals surface area contributed by atoms with Crippen molar-refractivity contribution in [1.82, 2.24) is 5.32 Å². The molecule has 0 radical (unpaired) electrons. The predicted octanol–water partition coefficient (Wildman–Crippen LogP) is 2.17. The highest BCUT2D eigenvalue weighted by molar-refractivity contribution is 7.91. The number of sulfone groups is 1. The van der Waals surface area contributed by atoms with E-state index in [1.54, 1.807) is 12.1 Å². The Hall–Kier alpha value is -1.76. The van der Waals surface area contributed by atoms with Crippen LogP contribution in [0.5, 0.6) is 5.75 Å². The molecule has 1 fully saturated rings. The number of rotatable bonds is 6. The van der Waals surface area contributed by atoms with E-state index in [1.807, 2.05) is 12.1 Å². The van der Waals surface area contributed by atoms with Gasteiger partial charge in [0.25, 0.3) is 0 Å². The van der Waals surface area contributed by atoms with Gasteiger partial charge in [-0.2, -0.15) is 0 Å². The Morgan fingerprint density at radius 2 is 2.14 bits per heavy atom. The monoisotopic (exact) mass is 326 g/mol. The van der Waals surface area contributed by atoms with Crippen LogP contribution < -0.4 is 15.4 Å². The molecule has 0 spiro atoms. The van der Waals surface area contributed by atoms with Gasteiger partial charge in [-0.15, -0.1) is 0 Å². The van der Waals surface area contributed by atoms with E-state index in [2.05, 4.69) is 17.6 Å². The molecule has 122 valence electrons. The van der Waals surface area contributed by atoms with E-state index in [1.165, 1.54) is 0 Å². The molecular formula is C15H22N2O4S. The van der Waals surface area contributed by atoms with Crippen LogP contribution in [0.4, 0.5) is 10.5 Å². The number of hydrogen-bond acceptors (Lipinski definition) is 4. The van der Waals surface area contributed by atoms with Crippen LogP contribution in [-0.4, -0.2) is 38.6 Å². The highest BCUT2D eigenvalue weighted by atomic mass is 32.2. The first-order chi connectivity index (χ1) is 10.5. The molecule has 2 N–H and O–H groups in total. The van der Waals surface area contributed by atoms with Gasteiger partial charge in [-0.1, -0.05) is 25.5 Å². The second-order valence-electron chi connectivity index (χ2n) is 5.40. The first kappa shape index (κ1) is 16.6. The topological polar surface area (TPSA) is 84.5 Å². The van der Waals surface area contributed by atoms with Crippen molar-refractivity contribution in [2.75, 3.05) is 23.4 Å². The number of anilines is 1. The van der Waals surface area contributed by atoms with E-state index in [0.29, 0.717) is 24.5 Å². The Bertz CT molecular complexity index is 616. The number of nitrogens with one attached hydrogen (secondary N) is 2. The smallest absolute Gasteiger partial charge is 0.319 e. The Morgan fingerprint density at radius 3 is 2.82 bits per heavy atom. The molecule has 1 saturated heterocycles. The Labute approximate surface area is 131 Å². The first-order valence-electron chi connectivity index (χ1n) is 7.50. The number of carbonyl (C=O) groups is 1. The molecule has 1 atom stereocenters. The number of hydrogen-bond donors (Lipinski definition) is 2. The van der Waals surface area contributed by atoms with Gasteiger partial charge in [-0.05, 0) is 25.0 Å². The molecule has 0 unspecified atom stereocenters. The highest BCUT2D eigenvalue weighted by Crippen LogP contribution is 2.24. The van der Waals surface area contributed by atoms with Gasteiger partial charge in [-0.3, -0.25) is 0 Å². The molecule has 22 heavy (non-hydrogen) atoms. The second kappa shape index (κ2) is 7.49. The lowest BCUT2D eigenvalue weighted by atomic mass is 10.2. The van der Waals surface area contributed by atoms with E-state index < -0.39 is 15.9 Å². The maximum Gasteiger partial charge on any atom is 0.319 e. The van der Waals surface area contributed by atoms with Crippen molar-refractivity contribution >= 4 is 21.6 Å². The van der Waals surface area contributed by atoms with Crippen molar-refractivity contribution in [3.05, 3.63) is 24.3 Å². The Balaban J connectivity index is 1.91. The zero-order valence-corrected chi connectivity index (χ0v) is 13.5. The van der Waals surface area contributed by atoms with Crippen molar-refractivity contribution in [2.24, 2.45) is 0 Å². The van der Waals surface area contributed by atoms with E-state index in [0.717, 1.165) is 12.8 Å². The normalized spacial score (nSPS) is 19.6. The second-order valence-corrected chi connectivity index (χ2v) is 7.63. The van der Waals surface area contributed by atoms with E-state index in [9.17, 15) is 13.2 Å². The summed E-state index contributed by atoms with van der Waals surface area (Å²) in [5.74, 6) is 0.758. The van der Waals surface area contributed by atoms with Crippen LogP contribution >= 0.6 is 0 Å². The van der Waals surface area contributed by atoms with Crippen LogP contribution in [0.25, 0.3) is 0 Å². The fourth-order valence-electron chi connectivity index (χ4n) is 2.27. The summed E-state index contributed by atoms with van der Waals surface area (Å²) in [5, 5.41) is 5.41. The third-order valence-electron chi connectivity index (χ3n) is 3.46. The molecular weight excluding hydrogens is 304 g/mol. The minimum Gasteiger partial charge on any atom is -0.491 e. The molecule has 2 rings (SSSR count). The SMILES string of the molecule is CCCCOc1ccccc1NC(=O)N[C@H]1CCS(=O)(=O)C1. The van der Waals surface area contributed by atoms with Crippen molar-refractivity contribution in [3.63, 3.8) is 0 Å². The largest absolute Gasteiger partial charge is 0.491 e. The van der Waals surface area contributed by atoms with Crippen molar-refractivity contribution in [2.45, 2.75) is 32.2 Å². The van der Waals surface area contributed by atoms with Crippen LogP contribution in [0.2, 0.25) is 0 Å². The van der Waals surface area contributed by atoms with Gasteiger partial charge in [0.1, 0.15) is 5.75 Å². The standard InChI is InChI=1S/C15H22N2O4S/c1-2-3-9-21-14-7-5-4-6-13(14)17-15(18)16-12-8-10-22(19,20)11-12/h4-7,12H,2-3,8-11H2,1H3,(H2,16,17,18)/t12-/m0/s1. The minimum absolute atomic E-state index is 0.00899. The molecule has 1 aromatic carbocycles. The number of unbranched alkanes of at least 4 members (excludes halogenated alkanes) is 1. The summed E-state index contributed by atoms with van der Waals surface area (Å²) in [4.78, 5) is 12.0. The molecule has 6 nitrogen and oxygen atoms in total. The molecule has 1 aliphatic heterocycles. The van der Waals surface area contributed by atoms with Gasteiger partial charge in [0.15, 0.2) is 9.84 Å². The van der Waals surface area contributed by atoms with Gasteiger partial charge < -0.3 is 15.4 Å². The summed E-state index contributed by atoms with van der Waals surface area (Å²) < 4.78 is 28.4. The molecule has 0 saturated carbocycles. The molecule has 0 aliphatic carbocycles. The molecule has 1 aliphatic rings. The van der Waals surface area contributed by atoms with E-state index in [-0.39, 0.29) is 17.5 Å². The van der Waals surface area contributed by atoms with Crippen LogP contribution in [0, 0.1) is 0 Å². The summed E-state index contributed by atoms with van der Waals surface area (Å²) in [6.07, 6.45) is 2.44. The number of benzene rings is 1. The van der Waals surface area contributed by atoms with Gasteiger partial charge in [-0.25, -0.2) is 13.2 Å². The van der Waals surface area contributed by atoms with E-state index in [4.69, 9.17) is 4.74 Å². The lowest BCUT2D eigenvalue weighted by molar-refractivity contribution is 0.249. The Kier molecular flexibility index (Phi) is 5.65. The maximum absolute atomic E-state index is 12.0. The first-order valence-corrected chi connectivity index (χ1v) is 9.32. The van der Waals surface area contributed by atoms with Gasteiger partial charge in [0, 0.05) is 6.04 Å².